The Morgan fingerprint density at radius 1 is 1.00 bits per heavy atom. The number of carboxylic acids is 1. The third-order valence-corrected chi connectivity index (χ3v) is 4.19. The quantitative estimate of drug-likeness (QED) is 0.384. The van der Waals surface area contributed by atoms with Crippen LogP contribution < -0.4 is 5.32 Å². The largest absolute Gasteiger partial charge is 0.507 e. The van der Waals surface area contributed by atoms with Crippen LogP contribution in [0.25, 0.3) is 0 Å². The molecule has 4 N–H and O–H groups in total. The van der Waals surface area contributed by atoms with Crippen molar-refractivity contribution < 1.29 is 32.8 Å². The molecule has 0 saturated carbocycles. The van der Waals surface area contributed by atoms with Crippen molar-refractivity contribution in [3.8, 4) is 5.75 Å². The molecule has 2 rings (SSSR count). The second-order valence-corrected chi connectivity index (χ2v) is 7.26. The molecule has 1 amide bonds. The maximum atomic E-state index is 11.7. The van der Waals surface area contributed by atoms with E-state index >= 15 is 0 Å². The van der Waals surface area contributed by atoms with Crippen molar-refractivity contribution in [2.45, 2.75) is 6.42 Å². The van der Waals surface area contributed by atoms with Crippen LogP contribution in [0.15, 0.2) is 52.7 Å². The van der Waals surface area contributed by atoms with Crippen LogP contribution in [0.2, 0.25) is 0 Å². The Morgan fingerprint density at radius 3 is 2.21 bits per heavy atom. The van der Waals surface area contributed by atoms with E-state index in [0.717, 1.165) is 0 Å². The van der Waals surface area contributed by atoms with E-state index in [-0.39, 0.29) is 30.0 Å². The fraction of sp³-hybridized carbons (Fsp3) is 0.176. The summed E-state index contributed by atoms with van der Waals surface area (Å²) in [6, 6.07) is 10.3. The number of amides is 1. The molecule has 0 unspecified atom stereocenters. The number of carboxylic acid groups (broad SMARTS) is 1. The van der Waals surface area contributed by atoms with Crippen molar-refractivity contribution in [2.75, 3.05) is 12.3 Å². The van der Waals surface area contributed by atoms with E-state index < -0.39 is 27.7 Å². The maximum absolute atomic E-state index is 11.7. The molecule has 0 bridgehead atoms. The summed E-state index contributed by atoms with van der Waals surface area (Å²) in [7, 11) is -4.12. The number of hydrogen-bond donors (Lipinski definition) is 4. The number of hydrogen-bond acceptors (Lipinski definition) is 7. The Morgan fingerprint density at radius 2 is 1.61 bits per heavy atom. The van der Waals surface area contributed by atoms with Crippen LogP contribution in [0.5, 0.6) is 5.75 Å². The third-order valence-electron chi connectivity index (χ3n) is 3.47. The molecule has 148 valence electrons. The average Bonchev–Trinajstić information content (AvgIpc) is 2.61. The lowest BCUT2D eigenvalue weighted by atomic mass is 10.1. The minimum Gasteiger partial charge on any atom is -0.507 e. The molecule has 0 heterocycles. The summed E-state index contributed by atoms with van der Waals surface area (Å²) in [4.78, 5) is 22.7. The van der Waals surface area contributed by atoms with Crippen molar-refractivity contribution >= 4 is 33.4 Å². The van der Waals surface area contributed by atoms with Crippen molar-refractivity contribution in [1.29, 1.82) is 0 Å². The van der Waals surface area contributed by atoms with Gasteiger partial charge in [0.15, 0.2) is 0 Å². The summed E-state index contributed by atoms with van der Waals surface area (Å²) in [5.74, 6) is -2.61. The van der Waals surface area contributed by atoms with Gasteiger partial charge in [-0.3, -0.25) is 9.35 Å². The molecular weight excluding hydrogens is 390 g/mol. The first-order chi connectivity index (χ1) is 13.1. The SMILES string of the molecule is O=C(Cc1ccc(N=Nc2ccc(O)c(C(=O)O)c2)cc1)NCCS(=O)(=O)O. The lowest BCUT2D eigenvalue weighted by Crippen LogP contribution is -2.30. The summed E-state index contributed by atoms with van der Waals surface area (Å²) < 4.78 is 29.8. The molecule has 0 saturated heterocycles. The second-order valence-electron chi connectivity index (χ2n) is 5.69. The number of carbonyl (C=O) groups excluding carboxylic acids is 1. The van der Waals surface area contributed by atoms with Crippen LogP contribution in [-0.4, -0.2) is 47.4 Å². The number of nitrogens with one attached hydrogen (secondary N) is 1. The number of phenols is 1. The van der Waals surface area contributed by atoms with Gasteiger partial charge in [0.1, 0.15) is 11.3 Å². The van der Waals surface area contributed by atoms with Crippen molar-refractivity contribution in [3.63, 3.8) is 0 Å². The molecule has 0 atom stereocenters. The van der Waals surface area contributed by atoms with E-state index in [9.17, 15) is 23.1 Å². The van der Waals surface area contributed by atoms with Gasteiger partial charge in [-0.25, -0.2) is 4.79 Å². The van der Waals surface area contributed by atoms with E-state index in [0.29, 0.717) is 11.3 Å². The summed E-state index contributed by atoms with van der Waals surface area (Å²) in [5, 5.41) is 28.7. The smallest absolute Gasteiger partial charge is 0.339 e. The number of benzene rings is 2. The molecule has 0 fully saturated rings. The summed E-state index contributed by atoms with van der Waals surface area (Å²) in [6.07, 6.45) is 0.0167. The zero-order valence-electron chi connectivity index (χ0n) is 14.4. The standard InChI is InChI=1S/C17H17N3O7S/c21-15-6-5-13(10-14(15)17(23)24)20-19-12-3-1-11(2-4-12)9-16(22)18-7-8-28(25,26)27/h1-6,10,21H,7-9H2,(H,18,22)(H,23,24)(H,25,26,27). The molecule has 10 nitrogen and oxygen atoms in total. The van der Waals surface area contributed by atoms with Gasteiger partial charge < -0.3 is 15.5 Å². The van der Waals surface area contributed by atoms with E-state index in [1.807, 2.05) is 0 Å². The summed E-state index contributed by atoms with van der Waals surface area (Å²) in [6.45, 7) is -0.186. The first-order valence-electron chi connectivity index (χ1n) is 7.93. The maximum Gasteiger partial charge on any atom is 0.339 e. The van der Waals surface area contributed by atoms with Crippen molar-refractivity contribution in [2.24, 2.45) is 10.2 Å². The number of carbonyl (C=O) groups is 2. The minimum atomic E-state index is -4.12. The van der Waals surface area contributed by atoms with Crippen molar-refractivity contribution in [3.05, 3.63) is 53.6 Å². The van der Waals surface area contributed by atoms with Crippen LogP contribution in [0.1, 0.15) is 15.9 Å². The van der Waals surface area contributed by atoms with Gasteiger partial charge in [-0.1, -0.05) is 12.1 Å². The molecule has 0 aliphatic rings. The van der Waals surface area contributed by atoms with E-state index in [1.165, 1.54) is 18.2 Å². The second kappa shape index (κ2) is 9.06. The first kappa shape index (κ1) is 21.0. The van der Waals surface area contributed by atoms with Gasteiger partial charge in [-0.2, -0.15) is 18.6 Å². The minimum absolute atomic E-state index is 0.0167. The lowest BCUT2D eigenvalue weighted by molar-refractivity contribution is -0.120. The molecule has 11 heteroatoms. The van der Waals surface area contributed by atoms with Crippen LogP contribution in [0.4, 0.5) is 11.4 Å². The van der Waals surface area contributed by atoms with Gasteiger partial charge in [0, 0.05) is 6.54 Å². The number of rotatable bonds is 8. The average molecular weight is 407 g/mol. The molecule has 2 aromatic rings. The molecule has 0 aromatic heterocycles. The van der Waals surface area contributed by atoms with Gasteiger partial charge in [0.05, 0.1) is 23.5 Å². The van der Waals surface area contributed by atoms with Gasteiger partial charge in [-0.15, -0.1) is 0 Å². The Hall–Kier alpha value is -3.31. The van der Waals surface area contributed by atoms with Gasteiger partial charge in [0.2, 0.25) is 5.91 Å². The summed E-state index contributed by atoms with van der Waals surface area (Å²) in [5.41, 5.74) is 1.07. The Bertz CT molecular complexity index is 1000. The van der Waals surface area contributed by atoms with E-state index in [1.54, 1.807) is 24.3 Å². The lowest BCUT2D eigenvalue weighted by Gasteiger charge is -2.04. The highest BCUT2D eigenvalue weighted by Crippen LogP contribution is 2.25. The predicted molar refractivity (Wildman–Crippen MR) is 98.8 cm³/mol. The number of aromatic hydroxyl groups is 1. The fourth-order valence-corrected chi connectivity index (χ4v) is 2.48. The highest BCUT2D eigenvalue weighted by molar-refractivity contribution is 7.85. The van der Waals surface area contributed by atoms with Gasteiger partial charge in [0.25, 0.3) is 10.1 Å². The molecule has 0 spiro atoms. The number of nitrogens with zero attached hydrogens (tertiary/aromatic N) is 2. The van der Waals surface area contributed by atoms with Crippen LogP contribution >= 0.6 is 0 Å². The highest BCUT2D eigenvalue weighted by Gasteiger charge is 2.10. The highest BCUT2D eigenvalue weighted by atomic mass is 32.2. The number of aromatic carboxylic acids is 1. The van der Waals surface area contributed by atoms with Crippen LogP contribution in [0, 0.1) is 0 Å². The monoisotopic (exact) mass is 407 g/mol. The zero-order chi connectivity index (χ0) is 20.7. The van der Waals surface area contributed by atoms with Gasteiger partial charge in [-0.05, 0) is 35.9 Å². The zero-order valence-corrected chi connectivity index (χ0v) is 15.3. The molecule has 2 aromatic carbocycles. The first-order valence-corrected chi connectivity index (χ1v) is 9.54. The Kier molecular flexibility index (Phi) is 6.79. The Balaban J connectivity index is 1.95. The molecule has 0 aliphatic carbocycles. The van der Waals surface area contributed by atoms with Crippen molar-refractivity contribution in [1.82, 2.24) is 5.32 Å². The third kappa shape index (κ3) is 6.78. The molecule has 0 aliphatic heterocycles. The molecule has 0 radical (unpaired) electrons. The predicted octanol–water partition coefficient (Wildman–Crippen LogP) is 2.05. The summed E-state index contributed by atoms with van der Waals surface area (Å²) >= 11 is 0. The van der Waals surface area contributed by atoms with Crippen LogP contribution in [-0.2, 0) is 21.3 Å². The molecular formula is C17H17N3O7S. The normalized spacial score (nSPS) is 11.5. The van der Waals surface area contributed by atoms with Crippen LogP contribution in [0.3, 0.4) is 0 Å². The fourth-order valence-electron chi connectivity index (χ4n) is 2.12. The number of azo groups is 1. The topological polar surface area (TPSA) is 166 Å². The Labute approximate surface area is 160 Å². The van der Waals surface area contributed by atoms with E-state index in [2.05, 4.69) is 15.5 Å². The van der Waals surface area contributed by atoms with Gasteiger partial charge >= 0.3 is 5.97 Å². The molecule has 28 heavy (non-hydrogen) atoms. The van der Waals surface area contributed by atoms with E-state index in [4.69, 9.17) is 9.66 Å².